The van der Waals surface area contributed by atoms with Crippen molar-refractivity contribution in [1.29, 1.82) is 0 Å². The first kappa shape index (κ1) is 21.9. The lowest BCUT2D eigenvalue weighted by molar-refractivity contribution is -0.280. The van der Waals surface area contributed by atoms with E-state index in [1.54, 1.807) is 0 Å². The maximum atomic E-state index is 12.0. The van der Waals surface area contributed by atoms with Crippen molar-refractivity contribution in [2.24, 2.45) is 5.41 Å². The van der Waals surface area contributed by atoms with Crippen LogP contribution in [0.25, 0.3) is 0 Å². The molecule has 0 heterocycles. The molecule has 3 nitrogen and oxygen atoms in total. The number of hydrogen-bond donors (Lipinski definition) is 0. The number of rotatable bonds is 7. The van der Waals surface area contributed by atoms with Crippen LogP contribution < -0.4 is 0 Å². The van der Waals surface area contributed by atoms with Crippen molar-refractivity contribution in [3.63, 3.8) is 0 Å². The zero-order valence-electron chi connectivity index (χ0n) is 12.3. The summed E-state index contributed by atoms with van der Waals surface area (Å²) in [5.41, 5.74) is 0.682. The Labute approximate surface area is 130 Å². The van der Waals surface area contributed by atoms with Crippen molar-refractivity contribution in [2.45, 2.75) is 61.3 Å². The van der Waals surface area contributed by atoms with Gasteiger partial charge in [-0.2, -0.15) is 4.89 Å². The summed E-state index contributed by atoms with van der Waals surface area (Å²) in [5.74, 6) is -0.00124. The largest absolute Gasteiger partial charge is 0.347 e. The highest BCUT2D eigenvalue weighted by Gasteiger charge is 2.32. The van der Waals surface area contributed by atoms with E-state index in [2.05, 4.69) is 19.1 Å². The van der Waals surface area contributed by atoms with Gasteiger partial charge in [-0.1, -0.05) is 59.0 Å². The molecule has 0 aliphatic rings. The smallest absolute Gasteiger partial charge is 0.298 e. The first-order valence-corrected chi connectivity index (χ1v) is 6.86. The molecule has 122 valence electrons. The first-order valence-electron chi connectivity index (χ1n) is 6.86. The second-order valence-electron chi connectivity index (χ2n) is 5.59. The van der Waals surface area contributed by atoms with Crippen LogP contribution in [0.1, 0.15) is 66.9 Å². The van der Waals surface area contributed by atoms with Gasteiger partial charge in [0, 0.05) is 0 Å². The highest BCUT2D eigenvalue weighted by atomic mass is 17.2. The van der Waals surface area contributed by atoms with Gasteiger partial charge in [0.15, 0.2) is 0 Å². The molecule has 1 aromatic carbocycles. The molecule has 0 radical (unpaired) electrons. The van der Waals surface area contributed by atoms with Crippen LogP contribution in [0.15, 0.2) is 30.3 Å². The summed E-state index contributed by atoms with van der Waals surface area (Å²) in [4.78, 5) is 21.7. The van der Waals surface area contributed by atoms with Crippen molar-refractivity contribution < 1.29 is 14.6 Å². The van der Waals surface area contributed by atoms with Crippen molar-refractivity contribution >= 4 is 5.97 Å². The van der Waals surface area contributed by atoms with Crippen LogP contribution in [0.5, 0.6) is 0 Å². The summed E-state index contributed by atoms with van der Waals surface area (Å²) >= 11 is 0. The summed E-state index contributed by atoms with van der Waals surface area (Å²) in [6.07, 6.45) is 1.56. The Bertz CT molecular complexity index is 385. The van der Waals surface area contributed by atoms with E-state index < -0.39 is 5.41 Å². The van der Waals surface area contributed by atoms with E-state index in [1.807, 2.05) is 39.0 Å². The van der Waals surface area contributed by atoms with E-state index in [0.29, 0.717) is 12.5 Å². The SMILES string of the molecule is C.C.CCCOOC(=O)C(C)(C)CC(C)c1ccccc1. The third-order valence-electron chi connectivity index (χ3n) is 3.16. The number of carbonyl (C=O) groups is 1. The zero-order chi connectivity index (χ0) is 14.3. The molecule has 1 atom stereocenters. The summed E-state index contributed by atoms with van der Waals surface area (Å²) in [6, 6.07) is 10.2. The normalized spacial score (nSPS) is 11.8. The van der Waals surface area contributed by atoms with Gasteiger partial charge in [0.2, 0.25) is 0 Å². The van der Waals surface area contributed by atoms with E-state index >= 15 is 0 Å². The maximum absolute atomic E-state index is 12.0. The van der Waals surface area contributed by atoms with Gasteiger partial charge in [-0.15, -0.1) is 0 Å². The average molecular weight is 296 g/mol. The van der Waals surface area contributed by atoms with Crippen LogP contribution >= 0.6 is 0 Å². The summed E-state index contributed by atoms with van der Waals surface area (Å²) in [5, 5.41) is 0. The highest BCUT2D eigenvalue weighted by molar-refractivity contribution is 5.75. The predicted octanol–water partition coefficient (Wildman–Crippen LogP) is 5.36. The van der Waals surface area contributed by atoms with Crippen molar-refractivity contribution in [3.8, 4) is 0 Å². The molecule has 0 fully saturated rings. The molecule has 0 spiro atoms. The van der Waals surface area contributed by atoms with Crippen LogP contribution in [0.3, 0.4) is 0 Å². The van der Waals surface area contributed by atoms with Crippen LogP contribution in [0, 0.1) is 5.41 Å². The highest BCUT2D eigenvalue weighted by Crippen LogP contribution is 2.32. The monoisotopic (exact) mass is 296 g/mol. The van der Waals surface area contributed by atoms with Crippen LogP contribution in [0.2, 0.25) is 0 Å². The molecule has 0 amide bonds. The van der Waals surface area contributed by atoms with E-state index in [9.17, 15) is 4.79 Å². The van der Waals surface area contributed by atoms with Gasteiger partial charge in [0.05, 0.1) is 12.0 Å². The second-order valence-corrected chi connectivity index (χ2v) is 5.59. The fourth-order valence-corrected chi connectivity index (χ4v) is 2.04. The van der Waals surface area contributed by atoms with Crippen LogP contribution in [-0.2, 0) is 14.6 Å². The fraction of sp³-hybridized carbons (Fsp3) is 0.611. The first-order chi connectivity index (χ1) is 8.97. The van der Waals surface area contributed by atoms with Gasteiger partial charge in [-0.3, -0.25) is 4.89 Å². The number of hydrogen-bond acceptors (Lipinski definition) is 3. The standard InChI is InChI=1S/C16H24O3.2CH4/c1-5-11-18-19-15(17)16(3,4)12-13(2)14-9-7-6-8-10-14;;/h6-10,13H,5,11-12H2,1-4H3;2*1H4. The van der Waals surface area contributed by atoms with Gasteiger partial charge < -0.3 is 0 Å². The third kappa shape index (κ3) is 7.28. The summed E-state index contributed by atoms with van der Waals surface area (Å²) in [6.45, 7) is 8.32. The van der Waals surface area contributed by atoms with E-state index in [0.717, 1.165) is 12.8 Å². The molecule has 21 heavy (non-hydrogen) atoms. The van der Waals surface area contributed by atoms with Crippen molar-refractivity contribution in [2.75, 3.05) is 6.61 Å². The Kier molecular flexibility index (Phi) is 10.9. The molecule has 1 unspecified atom stereocenters. The summed E-state index contributed by atoms with van der Waals surface area (Å²) in [7, 11) is 0. The van der Waals surface area contributed by atoms with Crippen LogP contribution in [-0.4, -0.2) is 12.6 Å². The Balaban J connectivity index is 0. The van der Waals surface area contributed by atoms with Gasteiger partial charge in [0.25, 0.3) is 0 Å². The Morgan fingerprint density at radius 2 is 1.76 bits per heavy atom. The fourth-order valence-electron chi connectivity index (χ4n) is 2.04. The van der Waals surface area contributed by atoms with Crippen molar-refractivity contribution in [3.05, 3.63) is 35.9 Å². The van der Waals surface area contributed by atoms with E-state index in [1.165, 1.54) is 5.56 Å². The quantitative estimate of drug-likeness (QED) is 0.386. The molecule has 1 rings (SSSR count). The topological polar surface area (TPSA) is 35.5 Å². The van der Waals surface area contributed by atoms with Gasteiger partial charge in [-0.25, -0.2) is 4.79 Å². The lowest BCUT2D eigenvalue weighted by atomic mass is 9.81. The lowest BCUT2D eigenvalue weighted by Gasteiger charge is -2.25. The van der Waals surface area contributed by atoms with Gasteiger partial charge in [-0.05, 0) is 38.2 Å². The summed E-state index contributed by atoms with van der Waals surface area (Å²) < 4.78 is 0. The molecule has 0 aliphatic heterocycles. The molecule has 0 saturated carbocycles. The Morgan fingerprint density at radius 3 is 2.29 bits per heavy atom. The minimum absolute atomic E-state index is 0. The minimum atomic E-state index is -0.553. The Hall–Kier alpha value is -1.35. The molecule has 0 bridgehead atoms. The zero-order valence-corrected chi connectivity index (χ0v) is 12.3. The average Bonchev–Trinajstić information content (AvgIpc) is 2.39. The molecule has 3 heteroatoms. The third-order valence-corrected chi connectivity index (χ3v) is 3.16. The second kappa shape index (κ2) is 10.4. The van der Waals surface area contributed by atoms with E-state index in [4.69, 9.17) is 9.78 Å². The van der Waals surface area contributed by atoms with Crippen LogP contribution in [0.4, 0.5) is 0 Å². The molecule has 0 aliphatic carbocycles. The van der Waals surface area contributed by atoms with Gasteiger partial charge in [0.1, 0.15) is 0 Å². The molecule has 1 aromatic rings. The maximum Gasteiger partial charge on any atom is 0.347 e. The molecule has 0 saturated heterocycles. The Morgan fingerprint density at radius 1 is 1.19 bits per heavy atom. The van der Waals surface area contributed by atoms with Crippen molar-refractivity contribution in [1.82, 2.24) is 0 Å². The molecular formula is C18H32O3. The van der Waals surface area contributed by atoms with E-state index in [-0.39, 0.29) is 20.8 Å². The molecule has 0 N–H and O–H groups in total. The lowest BCUT2D eigenvalue weighted by Crippen LogP contribution is -2.28. The number of carbonyl (C=O) groups excluding carboxylic acids is 1. The predicted molar refractivity (Wildman–Crippen MR) is 89.1 cm³/mol. The number of benzene rings is 1. The molecular weight excluding hydrogens is 264 g/mol. The molecule has 0 aromatic heterocycles. The minimum Gasteiger partial charge on any atom is -0.298 e. The van der Waals surface area contributed by atoms with Gasteiger partial charge >= 0.3 is 5.97 Å².